The van der Waals surface area contributed by atoms with Crippen LogP contribution in [0.25, 0.3) is 0 Å². The lowest BCUT2D eigenvalue weighted by Crippen LogP contribution is -2.22. The Labute approximate surface area is 117 Å². The summed E-state index contributed by atoms with van der Waals surface area (Å²) in [6.07, 6.45) is 1.12. The second-order valence-electron chi connectivity index (χ2n) is 5.04. The molecule has 0 radical (unpaired) electrons. The fraction of sp³-hybridized carbons (Fsp3) is 0.235. The number of benzene rings is 2. The van der Waals surface area contributed by atoms with Crippen LogP contribution in [0.5, 0.6) is 11.5 Å². The number of phenols is 1. The first-order valence-corrected chi connectivity index (χ1v) is 6.76. The van der Waals surface area contributed by atoms with Crippen LogP contribution in [0, 0.1) is 0 Å². The molecule has 0 aromatic heterocycles. The maximum atomic E-state index is 12.5. The fourth-order valence-electron chi connectivity index (χ4n) is 2.61. The minimum Gasteiger partial charge on any atom is -0.508 e. The number of hydrogen-bond donors (Lipinski definition) is 1. The Balaban J connectivity index is 1.80. The molecule has 1 atom stereocenters. The number of Topliss-reactive ketones (excluding diaryl/α,β-unsaturated/α-hetero) is 1. The highest BCUT2D eigenvalue weighted by Gasteiger charge is 2.27. The molecule has 1 aliphatic heterocycles. The van der Waals surface area contributed by atoms with Crippen LogP contribution < -0.4 is 4.74 Å². The first-order valence-electron chi connectivity index (χ1n) is 6.76. The molecule has 1 N–H and O–H groups in total. The molecule has 1 unspecified atom stereocenters. The Hall–Kier alpha value is -2.29. The molecule has 3 rings (SSSR count). The van der Waals surface area contributed by atoms with Crippen LogP contribution in [-0.2, 0) is 11.2 Å². The number of carbonyl (C=O) groups excluding carboxylic acids is 1. The van der Waals surface area contributed by atoms with Gasteiger partial charge in [0, 0.05) is 17.9 Å². The monoisotopic (exact) mass is 268 g/mol. The highest BCUT2D eigenvalue weighted by atomic mass is 16.5. The lowest BCUT2D eigenvalue weighted by atomic mass is 9.87. The van der Waals surface area contributed by atoms with Crippen LogP contribution in [0.2, 0.25) is 0 Å². The van der Waals surface area contributed by atoms with E-state index in [1.54, 1.807) is 24.3 Å². The number of ketones is 1. The van der Waals surface area contributed by atoms with E-state index in [1.165, 1.54) is 0 Å². The molecular weight excluding hydrogens is 252 g/mol. The molecule has 1 aliphatic rings. The van der Waals surface area contributed by atoms with Gasteiger partial charge in [-0.3, -0.25) is 4.79 Å². The molecular formula is C17H16O3. The van der Waals surface area contributed by atoms with Crippen molar-refractivity contribution in [3.05, 3.63) is 59.7 Å². The van der Waals surface area contributed by atoms with Gasteiger partial charge in [0.1, 0.15) is 17.3 Å². The smallest absolute Gasteiger partial charge is 0.144 e. The van der Waals surface area contributed by atoms with Crippen molar-refractivity contribution in [1.82, 2.24) is 0 Å². The van der Waals surface area contributed by atoms with E-state index in [1.807, 2.05) is 24.3 Å². The van der Waals surface area contributed by atoms with Gasteiger partial charge < -0.3 is 9.84 Å². The molecule has 0 spiro atoms. The maximum Gasteiger partial charge on any atom is 0.144 e. The maximum absolute atomic E-state index is 12.5. The summed E-state index contributed by atoms with van der Waals surface area (Å²) in [4.78, 5) is 12.5. The van der Waals surface area contributed by atoms with Crippen LogP contribution in [0.1, 0.15) is 23.5 Å². The lowest BCUT2D eigenvalue weighted by Gasteiger charge is -2.24. The summed E-state index contributed by atoms with van der Waals surface area (Å²) >= 11 is 0. The van der Waals surface area contributed by atoms with Crippen molar-refractivity contribution in [1.29, 1.82) is 0 Å². The van der Waals surface area contributed by atoms with E-state index in [4.69, 9.17) is 4.74 Å². The van der Waals surface area contributed by atoms with Crippen molar-refractivity contribution < 1.29 is 14.6 Å². The second kappa shape index (κ2) is 5.37. The highest BCUT2D eigenvalue weighted by Crippen LogP contribution is 2.34. The minimum absolute atomic E-state index is 0.0891. The second-order valence-corrected chi connectivity index (χ2v) is 5.04. The quantitative estimate of drug-likeness (QED) is 0.930. The Morgan fingerprint density at radius 3 is 2.70 bits per heavy atom. The SMILES string of the molecule is O=C(Cc1ccc(O)cc1)C1CCOc2ccccc21. The molecule has 0 aliphatic carbocycles. The summed E-state index contributed by atoms with van der Waals surface area (Å²) < 4.78 is 5.58. The Morgan fingerprint density at radius 1 is 1.15 bits per heavy atom. The van der Waals surface area contributed by atoms with E-state index in [9.17, 15) is 9.90 Å². The number of carbonyl (C=O) groups is 1. The number of hydrogen-bond acceptors (Lipinski definition) is 3. The van der Waals surface area contributed by atoms with Gasteiger partial charge in [-0.2, -0.15) is 0 Å². The summed E-state index contributed by atoms with van der Waals surface area (Å²) in [7, 11) is 0. The fourth-order valence-corrected chi connectivity index (χ4v) is 2.61. The Kier molecular flexibility index (Phi) is 3.42. The van der Waals surface area contributed by atoms with Gasteiger partial charge in [-0.05, 0) is 30.2 Å². The van der Waals surface area contributed by atoms with E-state index in [0.29, 0.717) is 13.0 Å². The number of phenolic OH excluding ortho intramolecular Hbond substituents is 1. The van der Waals surface area contributed by atoms with Crippen LogP contribution in [0.3, 0.4) is 0 Å². The van der Waals surface area contributed by atoms with E-state index in [0.717, 1.165) is 23.3 Å². The average Bonchev–Trinajstić information content (AvgIpc) is 2.49. The number of ether oxygens (including phenoxy) is 1. The van der Waals surface area contributed by atoms with Crippen molar-refractivity contribution in [2.45, 2.75) is 18.8 Å². The van der Waals surface area contributed by atoms with Crippen LogP contribution in [0.15, 0.2) is 48.5 Å². The van der Waals surface area contributed by atoms with Crippen molar-refractivity contribution in [3.63, 3.8) is 0 Å². The normalized spacial score (nSPS) is 17.1. The molecule has 2 aromatic carbocycles. The third-order valence-corrected chi connectivity index (χ3v) is 3.66. The highest BCUT2D eigenvalue weighted by molar-refractivity contribution is 5.88. The molecule has 3 nitrogen and oxygen atoms in total. The molecule has 0 saturated heterocycles. The van der Waals surface area contributed by atoms with Crippen molar-refractivity contribution in [2.75, 3.05) is 6.61 Å². The van der Waals surface area contributed by atoms with Gasteiger partial charge in [-0.1, -0.05) is 30.3 Å². The minimum atomic E-state index is -0.0891. The van der Waals surface area contributed by atoms with Gasteiger partial charge in [0.25, 0.3) is 0 Å². The summed E-state index contributed by atoms with van der Waals surface area (Å²) in [6, 6.07) is 14.5. The Morgan fingerprint density at radius 2 is 1.90 bits per heavy atom. The number of aromatic hydroxyl groups is 1. The van der Waals surface area contributed by atoms with Crippen molar-refractivity contribution in [2.24, 2.45) is 0 Å². The lowest BCUT2D eigenvalue weighted by molar-refractivity contribution is -0.120. The van der Waals surface area contributed by atoms with Gasteiger partial charge in [0.2, 0.25) is 0 Å². The van der Waals surface area contributed by atoms with Gasteiger partial charge in [-0.25, -0.2) is 0 Å². The van der Waals surface area contributed by atoms with Crippen LogP contribution >= 0.6 is 0 Å². The van der Waals surface area contributed by atoms with Crippen LogP contribution in [0.4, 0.5) is 0 Å². The standard InChI is InChI=1S/C17H16O3/c18-13-7-5-12(6-8-13)11-16(19)14-9-10-20-17-4-2-1-3-15(14)17/h1-8,14,18H,9-11H2. The molecule has 3 heteroatoms. The summed E-state index contributed by atoms with van der Waals surface area (Å²) in [5.41, 5.74) is 1.92. The summed E-state index contributed by atoms with van der Waals surface area (Å²) in [6.45, 7) is 0.586. The predicted molar refractivity (Wildman–Crippen MR) is 76.1 cm³/mol. The summed E-state index contributed by atoms with van der Waals surface area (Å²) in [5.74, 6) is 1.15. The van der Waals surface area contributed by atoms with E-state index < -0.39 is 0 Å². The van der Waals surface area contributed by atoms with Crippen LogP contribution in [-0.4, -0.2) is 17.5 Å². The third-order valence-electron chi connectivity index (χ3n) is 3.66. The summed E-state index contributed by atoms with van der Waals surface area (Å²) in [5, 5.41) is 9.27. The third kappa shape index (κ3) is 2.52. The topological polar surface area (TPSA) is 46.5 Å². The van der Waals surface area contributed by atoms with Gasteiger partial charge in [0.05, 0.1) is 6.61 Å². The molecule has 0 fully saturated rings. The molecule has 0 amide bonds. The van der Waals surface area contributed by atoms with Crippen molar-refractivity contribution in [3.8, 4) is 11.5 Å². The average molecular weight is 268 g/mol. The zero-order valence-electron chi connectivity index (χ0n) is 11.1. The Bertz CT molecular complexity index is 616. The molecule has 0 saturated carbocycles. The number of rotatable bonds is 3. The number of para-hydroxylation sites is 1. The van der Waals surface area contributed by atoms with Crippen molar-refractivity contribution >= 4 is 5.78 Å². The molecule has 0 bridgehead atoms. The predicted octanol–water partition coefficient (Wildman–Crippen LogP) is 3.07. The molecule has 102 valence electrons. The molecule has 2 aromatic rings. The number of fused-ring (bicyclic) bond motifs is 1. The zero-order chi connectivity index (χ0) is 13.9. The van der Waals surface area contributed by atoms with Gasteiger partial charge in [-0.15, -0.1) is 0 Å². The van der Waals surface area contributed by atoms with Gasteiger partial charge in [0.15, 0.2) is 0 Å². The van der Waals surface area contributed by atoms with E-state index >= 15 is 0 Å². The largest absolute Gasteiger partial charge is 0.508 e. The van der Waals surface area contributed by atoms with E-state index in [2.05, 4.69) is 0 Å². The van der Waals surface area contributed by atoms with Gasteiger partial charge >= 0.3 is 0 Å². The zero-order valence-corrected chi connectivity index (χ0v) is 11.1. The molecule has 20 heavy (non-hydrogen) atoms. The van der Waals surface area contributed by atoms with E-state index in [-0.39, 0.29) is 17.5 Å². The first-order chi connectivity index (χ1) is 9.74. The molecule has 1 heterocycles. The first kappa shape index (κ1) is 12.7.